The first-order chi connectivity index (χ1) is 17.2. The van der Waals surface area contributed by atoms with Crippen molar-refractivity contribution in [2.24, 2.45) is 0 Å². The number of nitrogens with zero attached hydrogens (tertiary/aromatic N) is 1. The molecular weight excluding hydrogens is 510 g/mol. The van der Waals surface area contributed by atoms with Crippen molar-refractivity contribution >= 4 is 17.9 Å². The van der Waals surface area contributed by atoms with Gasteiger partial charge in [-0.15, -0.1) is 0 Å². The molecule has 2 N–H and O–H groups in total. The van der Waals surface area contributed by atoms with Gasteiger partial charge in [0.15, 0.2) is 0 Å². The highest BCUT2D eigenvalue weighted by Crippen LogP contribution is 2.42. The van der Waals surface area contributed by atoms with Crippen LogP contribution in [0.4, 0.5) is 41.6 Å². The first-order valence-corrected chi connectivity index (χ1v) is 11.3. The molecule has 2 aromatic carbocycles. The van der Waals surface area contributed by atoms with Crippen molar-refractivity contribution in [2.75, 3.05) is 18.1 Å². The monoisotopic (exact) mass is 532 g/mol. The Bertz CT molecular complexity index is 1180. The Balaban J connectivity index is 1.46. The van der Waals surface area contributed by atoms with E-state index in [0.717, 1.165) is 5.56 Å². The molecule has 2 aliphatic heterocycles. The molecule has 0 radical (unpaired) electrons. The molecule has 2 aliphatic rings. The summed E-state index contributed by atoms with van der Waals surface area (Å²) >= 11 is 0. The molecule has 0 bridgehead atoms. The quantitative estimate of drug-likeness (QED) is 0.476. The third-order valence-electron chi connectivity index (χ3n) is 6.26. The number of amides is 2. The zero-order chi connectivity index (χ0) is 27.1. The van der Waals surface area contributed by atoms with E-state index in [4.69, 9.17) is 9.47 Å². The van der Waals surface area contributed by atoms with Gasteiger partial charge >= 0.3 is 24.5 Å². The molecule has 2 amide bonds. The van der Waals surface area contributed by atoms with Gasteiger partial charge in [0, 0.05) is 24.4 Å². The molecule has 0 saturated heterocycles. The maximum Gasteiger partial charge on any atom is 0.416 e. The van der Waals surface area contributed by atoms with E-state index in [1.54, 1.807) is 19.1 Å². The van der Waals surface area contributed by atoms with Crippen LogP contribution in [0.5, 0.6) is 5.75 Å². The van der Waals surface area contributed by atoms with Gasteiger partial charge in [-0.1, -0.05) is 0 Å². The third-order valence-corrected chi connectivity index (χ3v) is 6.26. The van der Waals surface area contributed by atoms with Gasteiger partial charge < -0.3 is 19.9 Å². The lowest BCUT2D eigenvalue weighted by molar-refractivity contribution is -0.143. The van der Waals surface area contributed by atoms with Crippen LogP contribution < -0.4 is 15.0 Å². The van der Waals surface area contributed by atoms with Gasteiger partial charge in [0.25, 0.3) is 0 Å². The smallest absolute Gasteiger partial charge is 0.416 e. The summed E-state index contributed by atoms with van der Waals surface area (Å²) in [7, 11) is 0. The van der Waals surface area contributed by atoms with E-state index >= 15 is 0 Å². The molecule has 2 heterocycles. The maximum absolute atomic E-state index is 13.0. The Labute approximate surface area is 207 Å². The number of halogens is 6. The van der Waals surface area contributed by atoms with Crippen molar-refractivity contribution in [3.8, 4) is 5.75 Å². The zero-order valence-electron chi connectivity index (χ0n) is 19.4. The Morgan fingerprint density at radius 1 is 1.08 bits per heavy atom. The van der Waals surface area contributed by atoms with Crippen LogP contribution in [0.2, 0.25) is 0 Å². The van der Waals surface area contributed by atoms with Crippen LogP contribution in [0.3, 0.4) is 0 Å². The number of carbonyl (C=O) groups excluding carboxylic acids is 1. The van der Waals surface area contributed by atoms with Crippen molar-refractivity contribution in [3.63, 3.8) is 0 Å². The van der Waals surface area contributed by atoms with Crippen molar-refractivity contribution in [1.82, 2.24) is 5.32 Å². The lowest BCUT2D eigenvalue weighted by atomic mass is 9.90. The second kappa shape index (κ2) is 9.67. The molecule has 2 aromatic rings. The van der Waals surface area contributed by atoms with Gasteiger partial charge in [0.05, 0.1) is 36.1 Å². The fraction of sp³-hybridized carbons (Fsp3) is 0.417. The van der Waals surface area contributed by atoms with Crippen LogP contribution in [0.15, 0.2) is 30.3 Å². The lowest BCUT2D eigenvalue weighted by Crippen LogP contribution is -2.46. The molecule has 7 nitrogen and oxygen atoms in total. The molecule has 13 heteroatoms. The summed E-state index contributed by atoms with van der Waals surface area (Å²) in [6.45, 7) is 1.63. The average Bonchev–Trinajstić information content (AvgIpc) is 3.24. The number of nitrogens with one attached hydrogen (secondary N) is 1. The topological polar surface area (TPSA) is 88.1 Å². The highest BCUT2D eigenvalue weighted by atomic mass is 19.4. The summed E-state index contributed by atoms with van der Waals surface area (Å²) in [5.41, 5.74) is -1.48. The van der Waals surface area contributed by atoms with Crippen LogP contribution in [0.25, 0.3) is 0 Å². The van der Waals surface area contributed by atoms with Crippen LogP contribution in [-0.4, -0.2) is 36.5 Å². The number of hydrogen-bond acceptors (Lipinski definition) is 4. The Hall–Kier alpha value is -3.64. The number of alkyl halides is 6. The Kier molecular flexibility index (Phi) is 6.91. The summed E-state index contributed by atoms with van der Waals surface area (Å²) in [5.74, 6) is 0.573. The molecular formula is C24H22F6N2O5. The van der Waals surface area contributed by atoms with E-state index in [1.165, 1.54) is 4.90 Å². The van der Waals surface area contributed by atoms with E-state index in [-0.39, 0.29) is 24.5 Å². The maximum atomic E-state index is 13.0. The first kappa shape index (κ1) is 26.4. The standard InChI is InChI=1S/C24H22F6N2O5/c1-12-6-18(17-11-20-14(3-5-36-20)9-19(17)32(12)22(34)35)31-21(33)37-4-2-13-7-15(23(25,26)27)10-16(8-13)24(28,29)30/h7-12,18H,2-6H2,1H3,(H,31,33)(H,34,35). The van der Waals surface area contributed by atoms with Gasteiger partial charge in [-0.25, -0.2) is 9.59 Å². The second-order valence-corrected chi connectivity index (χ2v) is 8.85. The van der Waals surface area contributed by atoms with E-state index in [2.05, 4.69) is 5.32 Å². The Morgan fingerprint density at radius 3 is 2.32 bits per heavy atom. The van der Waals surface area contributed by atoms with E-state index in [0.29, 0.717) is 42.2 Å². The number of benzene rings is 2. The molecule has 2 atom stereocenters. The van der Waals surface area contributed by atoms with Crippen molar-refractivity contribution in [2.45, 2.75) is 50.6 Å². The number of hydrogen-bond donors (Lipinski definition) is 2. The fourth-order valence-electron chi connectivity index (χ4n) is 4.56. The minimum Gasteiger partial charge on any atom is -0.493 e. The second-order valence-electron chi connectivity index (χ2n) is 8.85. The zero-order valence-corrected chi connectivity index (χ0v) is 19.4. The average molecular weight is 532 g/mol. The van der Waals surface area contributed by atoms with Crippen LogP contribution in [0, 0.1) is 0 Å². The summed E-state index contributed by atoms with van der Waals surface area (Å²) in [5, 5.41) is 12.3. The number of rotatable bonds is 4. The predicted molar refractivity (Wildman–Crippen MR) is 118 cm³/mol. The molecule has 200 valence electrons. The molecule has 2 unspecified atom stereocenters. The van der Waals surface area contributed by atoms with E-state index in [9.17, 15) is 41.0 Å². The van der Waals surface area contributed by atoms with E-state index < -0.39 is 54.4 Å². The highest BCUT2D eigenvalue weighted by molar-refractivity contribution is 5.89. The minimum atomic E-state index is -4.98. The lowest BCUT2D eigenvalue weighted by Gasteiger charge is -2.38. The molecule has 37 heavy (non-hydrogen) atoms. The van der Waals surface area contributed by atoms with Gasteiger partial charge in [-0.3, -0.25) is 4.90 Å². The predicted octanol–water partition coefficient (Wildman–Crippen LogP) is 5.95. The van der Waals surface area contributed by atoms with Crippen LogP contribution >= 0.6 is 0 Å². The molecule has 0 fully saturated rings. The Morgan fingerprint density at radius 2 is 1.73 bits per heavy atom. The van der Waals surface area contributed by atoms with Crippen molar-refractivity contribution in [1.29, 1.82) is 0 Å². The number of carbonyl (C=O) groups is 2. The fourth-order valence-corrected chi connectivity index (χ4v) is 4.56. The summed E-state index contributed by atoms with van der Waals surface area (Å²) in [4.78, 5) is 25.5. The first-order valence-electron chi connectivity index (χ1n) is 11.3. The number of fused-ring (bicyclic) bond motifs is 2. The molecule has 0 spiro atoms. The van der Waals surface area contributed by atoms with Gasteiger partial charge in [0.1, 0.15) is 5.75 Å². The van der Waals surface area contributed by atoms with Gasteiger partial charge in [-0.2, -0.15) is 26.3 Å². The summed E-state index contributed by atoms with van der Waals surface area (Å²) in [6, 6.07) is 3.39. The molecule has 4 rings (SSSR count). The van der Waals surface area contributed by atoms with Gasteiger partial charge in [-0.05, 0) is 54.8 Å². The normalized spacial score (nSPS) is 19.1. The molecule has 0 aliphatic carbocycles. The highest BCUT2D eigenvalue weighted by Gasteiger charge is 2.38. The summed E-state index contributed by atoms with van der Waals surface area (Å²) < 4.78 is 88.9. The molecule has 0 saturated carbocycles. The van der Waals surface area contributed by atoms with E-state index in [1.807, 2.05) is 0 Å². The van der Waals surface area contributed by atoms with Crippen molar-refractivity contribution in [3.05, 3.63) is 58.1 Å². The number of alkyl carbamates (subject to hydrolysis) is 1. The SMILES string of the molecule is CC1CC(NC(=O)OCCc2cc(C(F)(F)F)cc(C(F)(F)F)c2)c2cc3c(cc2N1C(=O)O)CCO3. The number of anilines is 1. The largest absolute Gasteiger partial charge is 0.493 e. The molecule has 0 aromatic heterocycles. The van der Waals surface area contributed by atoms with Crippen molar-refractivity contribution < 1.29 is 50.5 Å². The van der Waals surface area contributed by atoms with Gasteiger partial charge in [0.2, 0.25) is 0 Å². The minimum absolute atomic E-state index is 0.0274. The van der Waals surface area contributed by atoms with Crippen LogP contribution in [-0.2, 0) is 29.9 Å². The van der Waals surface area contributed by atoms with Crippen LogP contribution in [0.1, 0.15) is 47.2 Å². The third kappa shape index (κ3) is 5.70. The number of ether oxygens (including phenoxy) is 2. The number of carboxylic acid groups (broad SMARTS) is 1. The summed E-state index contributed by atoms with van der Waals surface area (Å²) in [6.07, 6.45) is -11.6.